The highest BCUT2D eigenvalue weighted by Crippen LogP contribution is 2.19. The first-order chi connectivity index (χ1) is 18.7. The van der Waals surface area contributed by atoms with Gasteiger partial charge in [-0.25, -0.2) is 8.78 Å². The van der Waals surface area contributed by atoms with Crippen LogP contribution in [-0.4, -0.2) is 30.1 Å². The van der Waals surface area contributed by atoms with Crippen molar-refractivity contribution in [2.24, 2.45) is 5.92 Å². The van der Waals surface area contributed by atoms with Gasteiger partial charge in [0.15, 0.2) is 0 Å². The Morgan fingerprint density at radius 3 is 2.51 bits per heavy atom. The molecule has 1 heterocycles. The van der Waals surface area contributed by atoms with Gasteiger partial charge in [-0.05, 0) is 85.5 Å². The Morgan fingerprint density at radius 2 is 1.82 bits per heavy atom. The predicted octanol–water partition coefficient (Wildman–Crippen LogP) is 7.50. The zero-order valence-corrected chi connectivity index (χ0v) is 23.6. The lowest BCUT2D eigenvalue weighted by Gasteiger charge is -2.10. The molecule has 0 saturated carbocycles. The third kappa shape index (κ3) is 9.95. The average Bonchev–Trinajstić information content (AvgIpc) is 3.12. The lowest BCUT2D eigenvalue weighted by molar-refractivity contribution is 0.0953. The molecule has 1 amide bonds. The van der Waals surface area contributed by atoms with Crippen LogP contribution in [0.15, 0.2) is 84.1 Å². The molecular weight excluding hydrogens is 492 g/mol. The third-order valence-corrected chi connectivity index (χ3v) is 6.40. The number of amides is 1. The van der Waals surface area contributed by atoms with Crippen LogP contribution in [0, 0.1) is 24.5 Å². The predicted molar refractivity (Wildman–Crippen MR) is 158 cm³/mol. The van der Waals surface area contributed by atoms with Crippen LogP contribution in [0.4, 0.5) is 8.78 Å². The Labute approximate surface area is 231 Å². The van der Waals surface area contributed by atoms with Crippen molar-refractivity contribution in [3.8, 4) is 0 Å². The fourth-order valence-electron chi connectivity index (χ4n) is 4.46. The van der Waals surface area contributed by atoms with Gasteiger partial charge < -0.3 is 15.2 Å². The fourth-order valence-corrected chi connectivity index (χ4v) is 4.46. The number of hydrogen-bond donors (Lipinski definition) is 2. The smallest absolute Gasteiger partial charge is 0.251 e. The van der Waals surface area contributed by atoms with Crippen LogP contribution in [0.2, 0.25) is 0 Å². The Bertz CT molecular complexity index is 1280. The zero-order valence-electron chi connectivity index (χ0n) is 23.6. The van der Waals surface area contributed by atoms with E-state index in [0.717, 1.165) is 56.0 Å². The van der Waals surface area contributed by atoms with E-state index in [-0.39, 0.29) is 5.91 Å². The number of halogens is 2. The quantitative estimate of drug-likeness (QED) is 0.265. The SMILES string of the molecule is CCC1=CC=CCC(CNCCCNC(=O)c2ccc3ccn(CC(C)C)c3c2)=C1.Cc1cc(F)cc(F)c1. The highest BCUT2D eigenvalue weighted by Gasteiger charge is 2.09. The van der Waals surface area contributed by atoms with Gasteiger partial charge in [-0.2, -0.15) is 0 Å². The number of benzene rings is 2. The third-order valence-electron chi connectivity index (χ3n) is 6.40. The molecule has 0 radical (unpaired) electrons. The van der Waals surface area contributed by atoms with Gasteiger partial charge in [-0.3, -0.25) is 4.79 Å². The van der Waals surface area contributed by atoms with Gasteiger partial charge >= 0.3 is 0 Å². The molecule has 6 heteroatoms. The second-order valence-electron chi connectivity index (χ2n) is 10.4. The molecule has 0 aliphatic heterocycles. The van der Waals surface area contributed by atoms with Gasteiger partial charge in [0, 0.05) is 43.0 Å². The molecule has 4 rings (SSSR count). The zero-order chi connectivity index (χ0) is 28.2. The molecule has 4 nitrogen and oxygen atoms in total. The van der Waals surface area contributed by atoms with E-state index in [1.807, 2.05) is 18.2 Å². The van der Waals surface area contributed by atoms with E-state index >= 15 is 0 Å². The van der Waals surface area contributed by atoms with Crippen LogP contribution in [0.5, 0.6) is 0 Å². The van der Waals surface area contributed by atoms with Crippen molar-refractivity contribution >= 4 is 16.8 Å². The molecule has 208 valence electrons. The molecule has 0 fully saturated rings. The van der Waals surface area contributed by atoms with Gasteiger partial charge in [-0.15, -0.1) is 0 Å². The number of carbonyl (C=O) groups is 1. The van der Waals surface area contributed by atoms with Gasteiger partial charge in [0.05, 0.1) is 0 Å². The summed E-state index contributed by atoms with van der Waals surface area (Å²) < 4.78 is 26.6. The Morgan fingerprint density at radius 1 is 1.05 bits per heavy atom. The molecule has 0 bridgehead atoms. The Kier molecular flexibility index (Phi) is 11.7. The van der Waals surface area contributed by atoms with Crippen molar-refractivity contribution in [2.45, 2.75) is 53.5 Å². The van der Waals surface area contributed by atoms with E-state index in [4.69, 9.17) is 0 Å². The normalized spacial score (nSPS) is 13.0. The first kappa shape index (κ1) is 30.0. The first-order valence-corrected chi connectivity index (χ1v) is 13.8. The van der Waals surface area contributed by atoms with Crippen molar-refractivity contribution in [3.63, 3.8) is 0 Å². The van der Waals surface area contributed by atoms with Crippen molar-refractivity contribution in [1.29, 1.82) is 0 Å². The molecule has 3 aromatic rings. The van der Waals surface area contributed by atoms with Gasteiger partial charge in [0.1, 0.15) is 11.6 Å². The standard InChI is InChI=1S/C26H35N3O.C7H6F2/c1-4-21-8-5-6-9-22(16-21)18-27-13-7-14-28-26(30)24-11-10-23-12-15-29(19-20(2)3)25(23)17-24;1-5-2-6(8)4-7(9)3-5/h5-6,8,10-12,15-17,20,27H,4,7,9,13-14,18-19H2,1-3H3,(H,28,30);2-4H,1H3. The van der Waals surface area contributed by atoms with E-state index in [1.165, 1.54) is 28.7 Å². The van der Waals surface area contributed by atoms with Crippen molar-refractivity contribution < 1.29 is 13.6 Å². The number of rotatable bonds is 10. The highest BCUT2D eigenvalue weighted by atomic mass is 19.1. The molecule has 0 atom stereocenters. The average molecular weight is 534 g/mol. The summed E-state index contributed by atoms with van der Waals surface area (Å²) in [5.74, 6) is -0.469. The topological polar surface area (TPSA) is 46.1 Å². The van der Waals surface area contributed by atoms with E-state index in [1.54, 1.807) is 6.92 Å². The minimum atomic E-state index is -0.521. The molecule has 0 unspecified atom stereocenters. The number of aromatic nitrogens is 1. The van der Waals surface area contributed by atoms with Gasteiger partial charge in [0.2, 0.25) is 0 Å². The van der Waals surface area contributed by atoms with E-state index in [9.17, 15) is 13.6 Å². The van der Waals surface area contributed by atoms with Gasteiger partial charge in [-0.1, -0.05) is 56.7 Å². The summed E-state index contributed by atoms with van der Waals surface area (Å²) in [5, 5.41) is 7.74. The molecule has 0 spiro atoms. The van der Waals surface area contributed by atoms with Crippen LogP contribution in [-0.2, 0) is 6.54 Å². The maximum atomic E-state index is 12.6. The summed E-state index contributed by atoms with van der Waals surface area (Å²) in [6.45, 7) is 11.7. The monoisotopic (exact) mass is 533 g/mol. The molecule has 1 aliphatic rings. The maximum absolute atomic E-state index is 12.6. The summed E-state index contributed by atoms with van der Waals surface area (Å²) in [6, 6.07) is 11.5. The minimum Gasteiger partial charge on any atom is -0.352 e. The van der Waals surface area contributed by atoms with Crippen LogP contribution in [0.25, 0.3) is 10.9 Å². The second kappa shape index (κ2) is 15.2. The summed E-state index contributed by atoms with van der Waals surface area (Å²) in [5.41, 5.74) is 5.26. The molecule has 0 saturated heterocycles. The second-order valence-corrected chi connectivity index (χ2v) is 10.4. The number of aryl methyl sites for hydroxylation is 1. The number of carbonyl (C=O) groups excluding carboxylic acids is 1. The van der Waals surface area contributed by atoms with E-state index < -0.39 is 11.6 Å². The molecule has 1 aliphatic carbocycles. The summed E-state index contributed by atoms with van der Waals surface area (Å²) in [4.78, 5) is 12.6. The molecule has 1 aromatic heterocycles. The minimum absolute atomic E-state index is 0.00327. The molecular formula is C33H41F2N3O. The van der Waals surface area contributed by atoms with Crippen molar-refractivity contribution in [3.05, 3.63) is 107 Å². The molecule has 39 heavy (non-hydrogen) atoms. The lowest BCUT2D eigenvalue weighted by Crippen LogP contribution is -2.28. The van der Waals surface area contributed by atoms with E-state index in [2.05, 4.69) is 72.5 Å². The van der Waals surface area contributed by atoms with Crippen molar-refractivity contribution in [1.82, 2.24) is 15.2 Å². The van der Waals surface area contributed by atoms with Gasteiger partial charge in [0.25, 0.3) is 5.91 Å². The number of allylic oxidation sites excluding steroid dienone is 5. The van der Waals surface area contributed by atoms with E-state index in [0.29, 0.717) is 18.0 Å². The number of fused-ring (bicyclic) bond motifs is 1. The Balaban J connectivity index is 0.000000395. The lowest BCUT2D eigenvalue weighted by atomic mass is 10.1. The highest BCUT2D eigenvalue weighted by molar-refractivity contribution is 5.98. The maximum Gasteiger partial charge on any atom is 0.251 e. The summed E-state index contributed by atoms with van der Waals surface area (Å²) in [7, 11) is 0. The van der Waals surface area contributed by atoms with Crippen LogP contribution >= 0.6 is 0 Å². The van der Waals surface area contributed by atoms with Crippen LogP contribution in [0.3, 0.4) is 0 Å². The van der Waals surface area contributed by atoms with Crippen molar-refractivity contribution in [2.75, 3.05) is 19.6 Å². The molecule has 2 N–H and O–H groups in total. The Hall–Kier alpha value is -3.51. The number of nitrogens with zero attached hydrogens (tertiary/aromatic N) is 1. The first-order valence-electron chi connectivity index (χ1n) is 13.8. The fraction of sp³-hybridized carbons (Fsp3) is 0.364. The van der Waals surface area contributed by atoms with Crippen LogP contribution < -0.4 is 10.6 Å². The number of nitrogens with one attached hydrogen (secondary N) is 2. The summed E-state index contributed by atoms with van der Waals surface area (Å²) in [6.07, 6.45) is 14.0. The molecule has 2 aromatic carbocycles. The van der Waals surface area contributed by atoms with Crippen LogP contribution in [0.1, 0.15) is 56.0 Å². The largest absolute Gasteiger partial charge is 0.352 e. The summed E-state index contributed by atoms with van der Waals surface area (Å²) >= 11 is 0. The number of hydrogen-bond acceptors (Lipinski definition) is 2.